The van der Waals surface area contributed by atoms with Gasteiger partial charge in [0.05, 0.1) is 17.1 Å². The maximum Gasteiger partial charge on any atom is 0.337 e. The van der Waals surface area contributed by atoms with Crippen LogP contribution in [0.1, 0.15) is 23.7 Å². The van der Waals surface area contributed by atoms with Crippen LogP contribution < -0.4 is 16.0 Å². The summed E-state index contributed by atoms with van der Waals surface area (Å²) in [5.74, 6) is -1.44. The lowest BCUT2D eigenvalue weighted by molar-refractivity contribution is -0.120. The summed E-state index contributed by atoms with van der Waals surface area (Å²) in [6, 6.07) is 3.43. The monoisotopic (exact) mass is 313 g/mol. The zero-order valence-corrected chi connectivity index (χ0v) is 12.2. The van der Waals surface area contributed by atoms with Crippen molar-refractivity contribution in [3.05, 3.63) is 28.8 Å². The van der Waals surface area contributed by atoms with Crippen LogP contribution >= 0.6 is 11.6 Å². The predicted molar refractivity (Wildman–Crippen MR) is 78.7 cm³/mol. The summed E-state index contributed by atoms with van der Waals surface area (Å²) < 4.78 is 0. The van der Waals surface area contributed by atoms with E-state index in [9.17, 15) is 14.4 Å². The van der Waals surface area contributed by atoms with Gasteiger partial charge in [-0.3, -0.25) is 4.79 Å². The number of hydrogen-bond acceptors (Lipinski definition) is 3. The van der Waals surface area contributed by atoms with Crippen molar-refractivity contribution in [2.24, 2.45) is 0 Å². The molecule has 21 heavy (non-hydrogen) atoms. The highest BCUT2D eigenvalue weighted by Crippen LogP contribution is 2.20. The number of carbonyl (C=O) groups excluding carboxylic acids is 2. The van der Waals surface area contributed by atoms with Crippen LogP contribution in [0.3, 0.4) is 0 Å². The average molecular weight is 314 g/mol. The van der Waals surface area contributed by atoms with Crippen molar-refractivity contribution in [1.82, 2.24) is 10.6 Å². The summed E-state index contributed by atoms with van der Waals surface area (Å²) in [6.07, 6.45) is 0.812. The van der Waals surface area contributed by atoms with E-state index in [0.29, 0.717) is 12.2 Å². The highest BCUT2D eigenvalue weighted by molar-refractivity contribution is 6.33. The second-order valence-corrected chi connectivity index (χ2v) is 4.56. The standard InChI is InChI=1S/C13H16ClN3O4/c1-2-5-15-11(18)7-16-13(21)17-8-3-4-9(12(19)20)10(14)6-8/h3-4,6H,2,5,7H2,1H3,(H,15,18)(H,19,20)(H2,16,17,21). The molecule has 0 aliphatic carbocycles. The van der Waals surface area contributed by atoms with E-state index in [1.165, 1.54) is 18.2 Å². The minimum absolute atomic E-state index is 0.0148. The van der Waals surface area contributed by atoms with Crippen molar-refractivity contribution in [3.63, 3.8) is 0 Å². The fraction of sp³-hybridized carbons (Fsp3) is 0.308. The first-order valence-corrected chi connectivity index (χ1v) is 6.66. The molecule has 0 atom stereocenters. The molecule has 0 spiro atoms. The molecule has 1 aromatic carbocycles. The third-order valence-electron chi connectivity index (χ3n) is 2.44. The third kappa shape index (κ3) is 5.70. The zero-order valence-electron chi connectivity index (χ0n) is 11.4. The first kappa shape index (κ1) is 16.8. The highest BCUT2D eigenvalue weighted by atomic mass is 35.5. The lowest BCUT2D eigenvalue weighted by atomic mass is 10.2. The minimum Gasteiger partial charge on any atom is -0.478 e. The van der Waals surface area contributed by atoms with Gasteiger partial charge < -0.3 is 21.1 Å². The first-order chi connectivity index (χ1) is 9.93. The lowest BCUT2D eigenvalue weighted by Crippen LogP contribution is -2.39. The average Bonchev–Trinajstić information content (AvgIpc) is 2.42. The molecule has 0 saturated heterocycles. The van der Waals surface area contributed by atoms with Crippen molar-refractivity contribution >= 4 is 35.2 Å². The molecule has 0 heterocycles. The zero-order chi connectivity index (χ0) is 15.8. The van der Waals surface area contributed by atoms with Gasteiger partial charge in [-0.15, -0.1) is 0 Å². The van der Waals surface area contributed by atoms with Crippen LogP contribution in [0.2, 0.25) is 5.02 Å². The molecule has 8 heteroatoms. The number of amides is 3. The van der Waals surface area contributed by atoms with Crippen molar-refractivity contribution in [3.8, 4) is 0 Å². The summed E-state index contributed by atoms with van der Waals surface area (Å²) >= 11 is 5.78. The first-order valence-electron chi connectivity index (χ1n) is 6.28. The van der Waals surface area contributed by atoms with Crippen molar-refractivity contribution < 1.29 is 19.5 Å². The molecule has 0 aliphatic rings. The minimum atomic E-state index is -1.15. The Morgan fingerprint density at radius 3 is 2.52 bits per heavy atom. The molecule has 0 unspecified atom stereocenters. The number of rotatable bonds is 6. The van der Waals surface area contributed by atoms with E-state index < -0.39 is 12.0 Å². The summed E-state index contributed by atoms with van der Waals surface area (Å²) in [6.45, 7) is 2.33. The molecule has 1 aromatic rings. The molecule has 1 rings (SSSR count). The van der Waals surface area contributed by atoms with Gasteiger partial charge in [0.15, 0.2) is 0 Å². The molecular weight excluding hydrogens is 298 g/mol. The summed E-state index contributed by atoms with van der Waals surface area (Å²) in [7, 11) is 0. The molecule has 0 bridgehead atoms. The normalized spacial score (nSPS) is 9.81. The Labute approximate surface area is 126 Å². The fourth-order valence-corrected chi connectivity index (χ4v) is 1.69. The number of hydrogen-bond donors (Lipinski definition) is 4. The van der Waals surface area contributed by atoms with Gasteiger partial charge in [-0.25, -0.2) is 9.59 Å². The quantitative estimate of drug-likeness (QED) is 0.641. The van der Waals surface area contributed by atoms with Crippen LogP contribution in [0.25, 0.3) is 0 Å². The van der Waals surface area contributed by atoms with E-state index in [1.807, 2.05) is 6.92 Å². The van der Waals surface area contributed by atoms with Crippen LogP contribution in [-0.2, 0) is 4.79 Å². The Bertz CT molecular complexity index is 548. The number of carboxylic acid groups (broad SMARTS) is 1. The number of benzene rings is 1. The number of anilines is 1. The van der Waals surface area contributed by atoms with Crippen LogP contribution in [0, 0.1) is 0 Å². The van der Waals surface area contributed by atoms with E-state index in [2.05, 4.69) is 16.0 Å². The van der Waals surface area contributed by atoms with Crippen LogP contribution in [0.4, 0.5) is 10.5 Å². The van der Waals surface area contributed by atoms with Crippen molar-refractivity contribution in [1.29, 1.82) is 0 Å². The van der Waals surface area contributed by atoms with Gasteiger partial charge in [0.1, 0.15) is 0 Å². The molecular formula is C13H16ClN3O4. The van der Waals surface area contributed by atoms with E-state index in [-0.39, 0.29) is 23.0 Å². The topological polar surface area (TPSA) is 108 Å². The maximum absolute atomic E-state index is 11.6. The lowest BCUT2D eigenvalue weighted by Gasteiger charge is -2.09. The van der Waals surface area contributed by atoms with Gasteiger partial charge in [-0.2, -0.15) is 0 Å². The largest absolute Gasteiger partial charge is 0.478 e. The molecule has 0 fully saturated rings. The van der Waals surface area contributed by atoms with Gasteiger partial charge in [0, 0.05) is 12.2 Å². The Kier molecular flexibility index (Phi) is 6.48. The van der Waals surface area contributed by atoms with Crippen molar-refractivity contribution in [2.45, 2.75) is 13.3 Å². The molecule has 0 aliphatic heterocycles. The molecule has 4 N–H and O–H groups in total. The van der Waals surface area contributed by atoms with Crippen LogP contribution in [0.15, 0.2) is 18.2 Å². The van der Waals surface area contributed by atoms with Crippen LogP contribution in [0.5, 0.6) is 0 Å². The van der Waals surface area contributed by atoms with Crippen molar-refractivity contribution in [2.75, 3.05) is 18.4 Å². The SMILES string of the molecule is CCCNC(=O)CNC(=O)Nc1ccc(C(=O)O)c(Cl)c1. The summed E-state index contributed by atoms with van der Waals surface area (Å²) in [5.41, 5.74) is 0.276. The van der Waals surface area contributed by atoms with E-state index >= 15 is 0 Å². The summed E-state index contributed by atoms with van der Waals surface area (Å²) in [4.78, 5) is 33.6. The highest BCUT2D eigenvalue weighted by Gasteiger charge is 2.10. The van der Waals surface area contributed by atoms with Gasteiger partial charge in [-0.05, 0) is 24.6 Å². The third-order valence-corrected chi connectivity index (χ3v) is 2.75. The molecule has 0 radical (unpaired) electrons. The second kappa shape index (κ2) is 8.11. The number of nitrogens with one attached hydrogen (secondary N) is 3. The second-order valence-electron chi connectivity index (χ2n) is 4.16. The van der Waals surface area contributed by atoms with E-state index in [0.717, 1.165) is 6.42 Å². The van der Waals surface area contributed by atoms with Crippen LogP contribution in [-0.4, -0.2) is 36.1 Å². The Morgan fingerprint density at radius 1 is 1.24 bits per heavy atom. The van der Waals surface area contributed by atoms with Gasteiger partial charge in [0.2, 0.25) is 5.91 Å². The number of carboxylic acids is 1. The number of aromatic carboxylic acids is 1. The molecule has 0 saturated carbocycles. The number of halogens is 1. The van der Waals surface area contributed by atoms with Gasteiger partial charge >= 0.3 is 12.0 Å². The molecule has 114 valence electrons. The predicted octanol–water partition coefficient (Wildman–Crippen LogP) is 1.69. The maximum atomic E-state index is 11.6. The summed E-state index contributed by atoms with van der Waals surface area (Å²) in [5, 5.41) is 16.3. The van der Waals surface area contributed by atoms with Gasteiger partial charge in [0.25, 0.3) is 0 Å². The Hall–Kier alpha value is -2.28. The smallest absolute Gasteiger partial charge is 0.337 e. The Balaban J connectivity index is 2.50. The molecule has 0 aromatic heterocycles. The number of urea groups is 1. The van der Waals surface area contributed by atoms with Gasteiger partial charge in [-0.1, -0.05) is 18.5 Å². The van der Waals surface area contributed by atoms with E-state index in [4.69, 9.17) is 16.7 Å². The fourth-order valence-electron chi connectivity index (χ4n) is 1.43. The molecule has 7 nitrogen and oxygen atoms in total. The molecule has 3 amide bonds. The Morgan fingerprint density at radius 2 is 1.95 bits per heavy atom. The van der Waals surface area contributed by atoms with E-state index in [1.54, 1.807) is 0 Å². The number of carbonyl (C=O) groups is 3.